The molecule has 0 amide bonds. The first-order chi connectivity index (χ1) is 11.6. The van der Waals surface area contributed by atoms with Gasteiger partial charge in [0, 0.05) is 25.2 Å². The third kappa shape index (κ3) is 8.55. The second kappa shape index (κ2) is 12.1. The molecule has 6 heteroatoms. The molecule has 0 radical (unpaired) electrons. The minimum Gasteiger partial charge on any atom is -0.357 e. The molecule has 24 heavy (non-hydrogen) atoms. The fourth-order valence-corrected chi connectivity index (χ4v) is 2.77. The van der Waals surface area contributed by atoms with Crippen LogP contribution >= 0.6 is 11.8 Å². The molecule has 0 aliphatic rings. The first-order valence-corrected chi connectivity index (χ1v) is 9.89. The van der Waals surface area contributed by atoms with Gasteiger partial charge in [0.15, 0.2) is 5.96 Å². The lowest BCUT2D eigenvalue weighted by Crippen LogP contribution is -2.37. The van der Waals surface area contributed by atoms with Gasteiger partial charge in [-0.05, 0) is 63.6 Å². The van der Waals surface area contributed by atoms with Crippen LogP contribution in [-0.4, -0.2) is 50.1 Å². The van der Waals surface area contributed by atoms with Crippen LogP contribution in [0, 0.1) is 5.82 Å². The third-order valence-electron chi connectivity index (χ3n) is 3.43. The van der Waals surface area contributed by atoms with E-state index in [0.29, 0.717) is 18.7 Å². The predicted molar refractivity (Wildman–Crippen MR) is 104 cm³/mol. The molecule has 0 spiro atoms. The molecule has 0 aliphatic heterocycles. The normalized spacial score (nSPS) is 11.8. The molecule has 0 saturated carbocycles. The number of hydrogen-bond acceptors (Lipinski definition) is 3. The molecule has 1 aromatic carbocycles. The van der Waals surface area contributed by atoms with Crippen LogP contribution in [-0.2, 0) is 13.1 Å². The zero-order chi connectivity index (χ0) is 17.8. The lowest BCUT2D eigenvalue weighted by Gasteiger charge is -2.13. The fourth-order valence-electron chi connectivity index (χ4n) is 2.28. The summed E-state index contributed by atoms with van der Waals surface area (Å²) in [6.07, 6.45) is 4.47. The fraction of sp³-hybridized carbons (Fsp3) is 0.611. The summed E-state index contributed by atoms with van der Waals surface area (Å²) in [4.78, 5) is 6.57. The summed E-state index contributed by atoms with van der Waals surface area (Å²) in [6, 6.07) is 5.24. The largest absolute Gasteiger partial charge is 0.357 e. The summed E-state index contributed by atoms with van der Waals surface area (Å²) in [5.74, 6) is 1.86. The van der Waals surface area contributed by atoms with E-state index in [2.05, 4.69) is 28.8 Å². The molecule has 0 atom stereocenters. The van der Waals surface area contributed by atoms with Gasteiger partial charge in [-0.1, -0.05) is 6.07 Å². The summed E-state index contributed by atoms with van der Waals surface area (Å²) in [6.45, 7) is 4.93. The first kappa shape index (κ1) is 20.8. The van der Waals surface area contributed by atoms with Crippen LogP contribution < -0.4 is 10.6 Å². The zero-order valence-corrected chi connectivity index (χ0v) is 16.2. The maximum Gasteiger partial charge on any atom is 0.191 e. The lowest BCUT2D eigenvalue weighted by atomic mass is 10.1. The summed E-state index contributed by atoms with van der Waals surface area (Å²) in [5.41, 5.74) is 1.73. The number of rotatable bonds is 10. The van der Waals surface area contributed by atoms with Gasteiger partial charge in [-0.3, -0.25) is 0 Å². The Morgan fingerprint density at radius 2 is 2.04 bits per heavy atom. The molecular formula is C18H31FN4S. The summed E-state index contributed by atoms with van der Waals surface area (Å²) >= 11 is 1.88. The van der Waals surface area contributed by atoms with Crippen molar-refractivity contribution >= 4 is 17.7 Å². The average Bonchev–Trinajstić information content (AvgIpc) is 2.54. The Kier molecular flexibility index (Phi) is 10.5. The van der Waals surface area contributed by atoms with Crippen molar-refractivity contribution in [3.8, 4) is 0 Å². The average molecular weight is 355 g/mol. The number of benzene rings is 1. The molecule has 1 aromatic rings. The first-order valence-electron chi connectivity index (χ1n) is 8.50. The SMILES string of the molecule is CCNC(=NCc1ccc(F)c(CN(C)C)c1)NCCCCSC. The van der Waals surface area contributed by atoms with E-state index in [1.807, 2.05) is 36.8 Å². The molecule has 0 fully saturated rings. The molecule has 0 aromatic heterocycles. The highest BCUT2D eigenvalue weighted by Gasteiger charge is 2.05. The van der Waals surface area contributed by atoms with Crippen LogP contribution in [0.3, 0.4) is 0 Å². The smallest absolute Gasteiger partial charge is 0.191 e. The van der Waals surface area contributed by atoms with Gasteiger partial charge in [-0.15, -0.1) is 0 Å². The van der Waals surface area contributed by atoms with E-state index in [1.165, 1.54) is 18.2 Å². The molecule has 2 N–H and O–H groups in total. The summed E-state index contributed by atoms with van der Waals surface area (Å²) in [7, 11) is 3.88. The van der Waals surface area contributed by atoms with Gasteiger partial charge < -0.3 is 15.5 Å². The number of aliphatic imine (C=N–C) groups is 1. The number of guanidine groups is 1. The summed E-state index contributed by atoms with van der Waals surface area (Å²) in [5, 5.41) is 6.61. The van der Waals surface area contributed by atoms with Gasteiger partial charge in [0.25, 0.3) is 0 Å². The Bertz CT molecular complexity index is 506. The van der Waals surface area contributed by atoms with E-state index in [0.717, 1.165) is 31.0 Å². The van der Waals surface area contributed by atoms with E-state index < -0.39 is 0 Å². The highest BCUT2D eigenvalue weighted by molar-refractivity contribution is 7.98. The molecule has 1 rings (SSSR count). The van der Waals surface area contributed by atoms with E-state index in [-0.39, 0.29) is 5.82 Å². The van der Waals surface area contributed by atoms with E-state index in [1.54, 1.807) is 6.07 Å². The Hall–Kier alpha value is -1.27. The van der Waals surface area contributed by atoms with Gasteiger partial charge >= 0.3 is 0 Å². The minimum atomic E-state index is -0.157. The Morgan fingerprint density at radius 3 is 2.71 bits per heavy atom. The number of nitrogens with zero attached hydrogens (tertiary/aromatic N) is 2. The number of nitrogens with one attached hydrogen (secondary N) is 2. The lowest BCUT2D eigenvalue weighted by molar-refractivity contribution is 0.392. The van der Waals surface area contributed by atoms with Crippen molar-refractivity contribution in [3.63, 3.8) is 0 Å². The monoisotopic (exact) mass is 354 g/mol. The predicted octanol–water partition coefficient (Wildman–Crippen LogP) is 3.09. The van der Waals surface area contributed by atoms with Crippen molar-refractivity contribution < 1.29 is 4.39 Å². The van der Waals surface area contributed by atoms with Crippen molar-refractivity contribution in [2.75, 3.05) is 39.2 Å². The molecule has 136 valence electrons. The van der Waals surface area contributed by atoms with E-state index in [4.69, 9.17) is 0 Å². The van der Waals surface area contributed by atoms with Gasteiger partial charge in [0.05, 0.1) is 6.54 Å². The second-order valence-corrected chi connectivity index (χ2v) is 6.97. The molecule has 0 saturated heterocycles. The second-order valence-electron chi connectivity index (χ2n) is 5.99. The quantitative estimate of drug-likeness (QED) is 0.385. The van der Waals surface area contributed by atoms with E-state index in [9.17, 15) is 4.39 Å². The van der Waals surface area contributed by atoms with Crippen molar-refractivity contribution in [2.24, 2.45) is 4.99 Å². The van der Waals surface area contributed by atoms with Crippen LogP contribution in [0.15, 0.2) is 23.2 Å². The highest BCUT2D eigenvalue weighted by Crippen LogP contribution is 2.13. The summed E-state index contributed by atoms with van der Waals surface area (Å²) < 4.78 is 13.8. The van der Waals surface area contributed by atoms with Crippen LogP contribution in [0.1, 0.15) is 30.9 Å². The highest BCUT2D eigenvalue weighted by atomic mass is 32.2. The Labute approximate surface area is 150 Å². The molecule has 0 bridgehead atoms. The Morgan fingerprint density at radius 1 is 1.25 bits per heavy atom. The number of halogens is 1. The maximum atomic E-state index is 13.8. The topological polar surface area (TPSA) is 39.7 Å². The number of thioether (sulfide) groups is 1. The molecule has 0 unspecified atom stereocenters. The molecule has 4 nitrogen and oxygen atoms in total. The maximum absolute atomic E-state index is 13.8. The zero-order valence-electron chi connectivity index (χ0n) is 15.4. The number of hydrogen-bond donors (Lipinski definition) is 2. The van der Waals surface area contributed by atoms with Crippen molar-refractivity contribution in [2.45, 2.75) is 32.9 Å². The van der Waals surface area contributed by atoms with Crippen LogP contribution in [0.25, 0.3) is 0 Å². The van der Waals surface area contributed by atoms with Gasteiger partial charge in [0.1, 0.15) is 5.82 Å². The standard InChI is InChI=1S/C18H31FN4S/c1-5-20-18(21-10-6-7-11-24-4)22-13-15-8-9-17(19)16(12-15)14-23(2)3/h8-9,12H,5-7,10-11,13-14H2,1-4H3,(H2,20,21,22). The van der Waals surface area contributed by atoms with Crippen LogP contribution in [0.2, 0.25) is 0 Å². The van der Waals surface area contributed by atoms with Crippen molar-refractivity contribution in [1.82, 2.24) is 15.5 Å². The third-order valence-corrected chi connectivity index (χ3v) is 4.13. The molecule has 0 heterocycles. The van der Waals surface area contributed by atoms with Gasteiger partial charge in [-0.2, -0.15) is 11.8 Å². The number of unbranched alkanes of at least 4 members (excludes halogenated alkanes) is 1. The van der Waals surface area contributed by atoms with Crippen LogP contribution in [0.4, 0.5) is 4.39 Å². The van der Waals surface area contributed by atoms with Crippen LogP contribution in [0.5, 0.6) is 0 Å². The van der Waals surface area contributed by atoms with E-state index >= 15 is 0 Å². The molecule has 0 aliphatic carbocycles. The van der Waals surface area contributed by atoms with Gasteiger partial charge in [-0.25, -0.2) is 9.38 Å². The minimum absolute atomic E-state index is 0.157. The van der Waals surface area contributed by atoms with Gasteiger partial charge in [0.2, 0.25) is 0 Å². The van der Waals surface area contributed by atoms with Crippen molar-refractivity contribution in [1.29, 1.82) is 0 Å². The van der Waals surface area contributed by atoms with Crippen molar-refractivity contribution in [3.05, 3.63) is 35.1 Å². The Balaban J connectivity index is 2.61. The molecular weight excluding hydrogens is 323 g/mol.